The molecule has 0 atom stereocenters. The highest BCUT2D eigenvalue weighted by Crippen LogP contribution is 2.10. The van der Waals surface area contributed by atoms with Gasteiger partial charge < -0.3 is 5.32 Å². The minimum atomic E-state index is -0.0647. The molecule has 0 saturated heterocycles. The Balaban J connectivity index is 2.41. The summed E-state index contributed by atoms with van der Waals surface area (Å²) in [4.78, 5) is 25.3. The van der Waals surface area contributed by atoms with Crippen molar-refractivity contribution in [2.45, 2.75) is 13.8 Å². The fourth-order valence-corrected chi connectivity index (χ4v) is 1.77. The quantitative estimate of drug-likeness (QED) is 0.785. The summed E-state index contributed by atoms with van der Waals surface area (Å²) in [6, 6.07) is 6.75. The normalized spacial score (nSPS) is 10.9. The molecule has 1 rings (SSSR count). The number of benzene rings is 1. The van der Waals surface area contributed by atoms with E-state index >= 15 is 0 Å². The Morgan fingerprint density at radius 3 is 2.35 bits per heavy atom. The predicted molar refractivity (Wildman–Crippen MR) is 81.1 cm³/mol. The monoisotopic (exact) mass is 296 g/mol. The average Bonchev–Trinajstić information content (AvgIpc) is 2.36. The summed E-state index contributed by atoms with van der Waals surface area (Å²) in [5, 5.41) is 3.42. The van der Waals surface area contributed by atoms with Crippen molar-refractivity contribution in [1.82, 2.24) is 10.2 Å². The molecule has 1 amide bonds. The Kier molecular flexibility index (Phi) is 6.68. The first-order valence-electron chi connectivity index (χ1n) is 6.62. The number of hydrogen-bond acceptors (Lipinski definition) is 3. The van der Waals surface area contributed by atoms with Crippen LogP contribution in [0.4, 0.5) is 0 Å². The van der Waals surface area contributed by atoms with Crippen LogP contribution in [0, 0.1) is 5.92 Å². The molecule has 1 aromatic carbocycles. The molecule has 20 heavy (non-hydrogen) atoms. The molecule has 0 aliphatic carbocycles. The fraction of sp³-hybridized carbons (Fsp3) is 0.467. The third kappa shape index (κ3) is 6.17. The topological polar surface area (TPSA) is 49.4 Å². The molecule has 0 unspecified atom stereocenters. The van der Waals surface area contributed by atoms with Crippen LogP contribution in [-0.4, -0.2) is 43.3 Å². The number of carbonyl (C=O) groups is 2. The number of nitrogens with one attached hydrogen (secondary N) is 1. The summed E-state index contributed by atoms with van der Waals surface area (Å²) in [6.45, 7) is 5.14. The van der Waals surface area contributed by atoms with Crippen molar-refractivity contribution >= 4 is 23.3 Å². The number of nitrogens with zero attached hydrogens (tertiary/aromatic N) is 1. The average molecular weight is 297 g/mol. The van der Waals surface area contributed by atoms with Gasteiger partial charge in [0.05, 0.1) is 13.1 Å². The highest BCUT2D eigenvalue weighted by molar-refractivity contribution is 6.30. The summed E-state index contributed by atoms with van der Waals surface area (Å²) in [7, 11) is 1.75. The molecule has 0 radical (unpaired) electrons. The van der Waals surface area contributed by atoms with Crippen LogP contribution >= 0.6 is 11.6 Å². The lowest BCUT2D eigenvalue weighted by molar-refractivity contribution is -0.121. The predicted octanol–water partition coefficient (Wildman–Crippen LogP) is 2.23. The number of ketones is 1. The minimum Gasteiger partial charge on any atom is -0.355 e. The van der Waals surface area contributed by atoms with Gasteiger partial charge in [0, 0.05) is 17.1 Å². The van der Waals surface area contributed by atoms with E-state index in [2.05, 4.69) is 5.32 Å². The maximum atomic E-state index is 12.0. The van der Waals surface area contributed by atoms with Crippen LogP contribution in [0.3, 0.4) is 0 Å². The number of amides is 1. The molecule has 0 bridgehead atoms. The molecule has 0 aromatic heterocycles. The Morgan fingerprint density at radius 2 is 1.80 bits per heavy atom. The summed E-state index contributed by atoms with van der Waals surface area (Å²) < 4.78 is 0. The molecule has 0 spiro atoms. The molecule has 0 aliphatic rings. The van der Waals surface area contributed by atoms with Gasteiger partial charge in [-0.25, -0.2) is 0 Å². The summed E-state index contributed by atoms with van der Waals surface area (Å²) in [6.07, 6.45) is 0. The molecule has 5 heteroatoms. The minimum absolute atomic E-state index is 0.0270. The zero-order valence-corrected chi connectivity index (χ0v) is 12.9. The van der Waals surface area contributed by atoms with Crippen molar-refractivity contribution in [3.8, 4) is 0 Å². The summed E-state index contributed by atoms with van der Waals surface area (Å²) >= 11 is 5.78. The van der Waals surface area contributed by atoms with E-state index in [1.807, 2.05) is 13.8 Å². The molecule has 4 nitrogen and oxygen atoms in total. The van der Waals surface area contributed by atoms with Crippen molar-refractivity contribution in [3.05, 3.63) is 34.9 Å². The van der Waals surface area contributed by atoms with Crippen LogP contribution < -0.4 is 5.32 Å². The third-order valence-corrected chi connectivity index (χ3v) is 2.95. The van der Waals surface area contributed by atoms with Gasteiger partial charge in [-0.1, -0.05) is 25.4 Å². The zero-order chi connectivity index (χ0) is 15.1. The third-order valence-electron chi connectivity index (χ3n) is 2.70. The molecule has 110 valence electrons. The van der Waals surface area contributed by atoms with E-state index in [0.717, 1.165) is 0 Å². The molecule has 0 fully saturated rings. The van der Waals surface area contributed by atoms with Crippen LogP contribution in [0.2, 0.25) is 5.02 Å². The highest BCUT2D eigenvalue weighted by atomic mass is 35.5. The van der Waals surface area contributed by atoms with Gasteiger partial charge in [-0.2, -0.15) is 0 Å². The Hall–Kier alpha value is -1.39. The first-order chi connectivity index (χ1) is 9.38. The lowest BCUT2D eigenvalue weighted by Gasteiger charge is -2.16. The van der Waals surface area contributed by atoms with E-state index in [4.69, 9.17) is 11.6 Å². The van der Waals surface area contributed by atoms with Gasteiger partial charge in [-0.05, 0) is 37.2 Å². The molecule has 0 saturated carbocycles. The molecular formula is C15H21ClN2O2. The molecule has 0 aliphatic heterocycles. The van der Waals surface area contributed by atoms with Crippen molar-refractivity contribution in [3.63, 3.8) is 0 Å². The van der Waals surface area contributed by atoms with Gasteiger partial charge >= 0.3 is 0 Å². The number of Topliss-reactive ketones (excluding diaryl/α,β-unsaturated/α-hetero) is 1. The second kappa shape index (κ2) is 8.02. The standard InChI is InChI=1S/C15H21ClN2O2/c1-11(2)8-17-15(20)10-18(3)9-14(19)12-4-6-13(16)7-5-12/h4-7,11H,8-10H2,1-3H3,(H,17,20). The van der Waals surface area contributed by atoms with Crippen molar-refractivity contribution in [2.75, 3.05) is 26.7 Å². The molecular weight excluding hydrogens is 276 g/mol. The van der Waals surface area contributed by atoms with E-state index in [-0.39, 0.29) is 24.8 Å². The number of carbonyl (C=O) groups excluding carboxylic acids is 2. The number of rotatable bonds is 7. The Morgan fingerprint density at radius 1 is 1.20 bits per heavy atom. The van der Waals surface area contributed by atoms with Crippen molar-refractivity contribution in [1.29, 1.82) is 0 Å². The largest absolute Gasteiger partial charge is 0.355 e. The number of likely N-dealkylation sites (N-methyl/N-ethyl adjacent to an activating group) is 1. The second-order valence-corrected chi connectivity index (χ2v) is 5.74. The zero-order valence-electron chi connectivity index (χ0n) is 12.1. The van der Waals surface area contributed by atoms with Gasteiger partial charge in [0.1, 0.15) is 0 Å². The van der Waals surface area contributed by atoms with Crippen LogP contribution in [0.25, 0.3) is 0 Å². The van der Waals surface area contributed by atoms with Crippen LogP contribution in [0.1, 0.15) is 24.2 Å². The second-order valence-electron chi connectivity index (χ2n) is 5.30. The van der Waals surface area contributed by atoms with Crippen LogP contribution in [0.15, 0.2) is 24.3 Å². The van der Waals surface area contributed by atoms with E-state index in [1.165, 1.54) is 0 Å². The van der Waals surface area contributed by atoms with Gasteiger partial charge in [-0.3, -0.25) is 14.5 Å². The van der Waals surface area contributed by atoms with Gasteiger partial charge in [0.25, 0.3) is 0 Å². The highest BCUT2D eigenvalue weighted by Gasteiger charge is 2.12. The van der Waals surface area contributed by atoms with Gasteiger partial charge in [0.15, 0.2) is 5.78 Å². The lowest BCUT2D eigenvalue weighted by atomic mass is 10.1. The molecule has 1 N–H and O–H groups in total. The van der Waals surface area contributed by atoms with Crippen molar-refractivity contribution < 1.29 is 9.59 Å². The first-order valence-corrected chi connectivity index (χ1v) is 7.00. The first kappa shape index (κ1) is 16.7. The maximum absolute atomic E-state index is 12.0. The summed E-state index contributed by atoms with van der Waals surface area (Å²) in [5.41, 5.74) is 0.601. The van der Waals surface area contributed by atoms with E-state index in [0.29, 0.717) is 23.0 Å². The van der Waals surface area contributed by atoms with Gasteiger partial charge in [0.2, 0.25) is 5.91 Å². The maximum Gasteiger partial charge on any atom is 0.234 e. The fourth-order valence-electron chi connectivity index (χ4n) is 1.65. The van der Waals surface area contributed by atoms with E-state index < -0.39 is 0 Å². The van der Waals surface area contributed by atoms with Crippen molar-refractivity contribution in [2.24, 2.45) is 5.92 Å². The van der Waals surface area contributed by atoms with E-state index in [9.17, 15) is 9.59 Å². The van der Waals surface area contributed by atoms with Crippen LogP contribution in [-0.2, 0) is 4.79 Å². The van der Waals surface area contributed by atoms with Gasteiger partial charge in [-0.15, -0.1) is 0 Å². The van der Waals surface area contributed by atoms with E-state index in [1.54, 1.807) is 36.2 Å². The SMILES string of the molecule is CC(C)CNC(=O)CN(C)CC(=O)c1ccc(Cl)cc1. The smallest absolute Gasteiger partial charge is 0.234 e. The molecule has 1 aromatic rings. The molecule has 0 heterocycles. The number of hydrogen-bond donors (Lipinski definition) is 1. The Labute approximate surface area is 125 Å². The summed E-state index contributed by atoms with van der Waals surface area (Å²) in [5.74, 6) is 0.325. The number of halogens is 1. The van der Waals surface area contributed by atoms with Crippen LogP contribution in [0.5, 0.6) is 0 Å². The Bertz CT molecular complexity index is 457. The lowest BCUT2D eigenvalue weighted by Crippen LogP contribution is -2.38.